The summed E-state index contributed by atoms with van der Waals surface area (Å²) in [7, 11) is 1.78. The third kappa shape index (κ3) is 3.19. The van der Waals surface area contributed by atoms with Crippen LogP contribution in [0.2, 0.25) is 0 Å². The average molecular weight is 341 g/mol. The molecule has 0 radical (unpaired) electrons. The molecule has 2 saturated heterocycles. The van der Waals surface area contributed by atoms with Crippen LogP contribution in [0.25, 0.3) is 0 Å². The fourth-order valence-corrected chi connectivity index (χ4v) is 4.21. The van der Waals surface area contributed by atoms with Gasteiger partial charge in [0, 0.05) is 51.6 Å². The zero-order chi connectivity index (χ0) is 17.2. The first-order valence-electron chi connectivity index (χ1n) is 8.73. The predicted molar refractivity (Wildman–Crippen MR) is 92.0 cm³/mol. The van der Waals surface area contributed by atoms with Crippen LogP contribution >= 0.6 is 0 Å². The molecule has 132 valence electrons. The molecule has 4 heterocycles. The molecule has 6 heteroatoms. The maximum atomic E-state index is 12.9. The molecule has 0 aromatic carbocycles. The lowest BCUT2D eigenvalue weighted by atomic mass is 9.88. The third-order valence-electron chi connectivity index (χ3n) is 5.40. The smallest absolute Gasteiger partial charge is 0.257 e. The predicted octanol–water partition coefficient (Wildman–Crippen LogP) is 2.04. The maximum absolute atomic E-state index is 12.9. The molecule has 2 aromatic heterocycles. The molecule has 0 aliphatic carbocycles. The van der Waals surface area contributed by atoms with Crippen LogP contribution in [0.4, 0.5) is 0 Å². The monoisotopic (exact) mass is 341 g/mol. The second kappa shape index (κ2) is 6.98. The van der Waals surface area contributed by atoms with E-state index in [1.54, 1.807) is 25.6 Å². The second-order valence-corrected chi connectivity index (χ2v) is 6.86. The van der Waals surface area contributed by atoms with Gasteiger partial charge in [-0.05, 0) is 24.1 Å². The van der Waals surface area contributed by atoms with E-state index >= 15 is 0 Å². The van der Waals surface area contributed by atoms with Crippen molar-refractivity contribution in [3.8, 4) is 0 Å². The summed E-state index contributed by atoms with van der Waals surface area (Å²) in [5.41, 5.74) is 1.82. The van der Waals surface area contributed by atoms with E-state index < -0.39 is 0 Å². The Hall–Kier alpha value is -2.18. The highest BCUT2D eigenvalue weighted by atomic mass is 16.5. The average Bonchev–Trinajstić information content (AvgIpc) is 3.31. The number of pyridine rings is 1. The van der Waals surface area contributed by atoms with Gasteiger partial charge in [-0.1, -0.05) is 6.07 Å². The summed E-state index contributed by atoms with van der Waals surface area (Å²) in [5.74, 6) is 0.396. The molecular weight excluding hydrogens is 318 g/mol. The lowest BCUT2D eigenvalue weighted by molar-refractivity contribution is -0.0157. The van der Waals surface area contributed by atoms with Gasteiger partial charge in [0.2, 0.25) is 0 Å². The van der Waals surface area contributed by atoms with Gasteiger partial charge in [-0.2, -0.15) is 0 Å². The summed E-state index contributed by atoms with van der Waals surface area (Å²) in [4.78, 5) is 21.5. The van der Waals surface area contributed by atoms with E-state index in [-0.39, 0.29) is 18.1 Å². The van der Waals surface area contributed by atoms with Crippen molar-refractivity contribution in [3.05, 3.63) is 54.2 Å². The van der Waals surface area contributed by atoms with E-state index in [4.69, 9.17) is 9.15 Å². The highest BCUT2D eigenvalue weighted by molar-refractivity contribution is 5.94. The number of hydrogen-bond acceptors (Lipinski definition) is 5. The number of nitrogens with zero attached hydrogens (tertiary/aromatic N) is 3. The molecule has 3 atom stereocenters. The quantitative estimate of drug-likeness (QED) is 0.852. The molecule has 2 aromatic rings. The number of ether oxygens (including phenoxy) is 1. The van der Waals surface area contributed by atoms with Gasteiger partial charge < -0.3 is 14.1 Å². The van der Waals surface area contributed by atoms with Crippen LogP contribution in [-0.4, -0.2) is 59.6 Å². The van der Waals surface area contributed by atoms with Crippen LogP contribution in [0.15, 0.2) is 47.5 Å². The van der Waals surface area contributed by atoms with Gasteiger partial charge >= 0.3 is 0 Å². The van der Waals surface area contributed by atoms with Crippen molar-refractivity contribution in [2.45, 2.75) is 25.1 Å². The van der Waals surface area contributed by atoms with Crippen LogP contribution in [0.1, 0.15) is 22.3 Å². The van der Waals surface area contributed by atoms with Gasteiger partial charge in [0.1, 0.15) is 6.26 Å². The number of furan rings is 1. The number of hydrogen-bond donors (Lipinski definition) is 0. The Morgan fingerprint density at radius 1 is 1.40 bits per heavy atom. The van der Waals surface area contributed by atoms with Gasteiger partial charge in [-0.3, -0.25) is 14.7 Å². The Morgan fingerprint density at radius 3 is 3.04 bits per heavy atom. The molecule has 2 fully saturated rings. The molecule has 6 nitrogen and oxygen atoms in total. The fourth-order valence-electron chi connectivity index (χ4n) is 4.21. The minimum atomic E-state index is 0.0570. The molecule has 0 N–H and O–H groups in total. The Labute approximate surface area is 147 Å². The summed E-state index contributed by atoms with van der Waals surface area (Å²) in [6.45, 7) is 3.38. The Bertz CT molecular complexity index is 704. The lowest BCUT2D eigenvalue weighted by Gasteiger charge is -2.41. The largest absolute Gasteiger partial charge is 0.472 e. The van der Waals surface area contributed by atoms with Gasteiger partial charge in [0.25, 0.3) is 5.91 Å². The number of carbonyl (C=O) groups is 1. The maximum Gasteiger partial charge on any atom is 0.257 e. The van der Waals surface area contributed by atoms with Crippen molar-refractivity contribution in [2.75, 3.05) is 26.7 Å². The van der Waals surface area contributed by atoms with Crippen LogP contribution in [0, 0.1) is 5.92 Å². The first-order chi connectivity index (χ1) is 12.3. The van der Waals surface area contributed by atoms with Crippen molar-refractivity contribution < 1.29 is 13.9 Å². The van der Waals surface area contributed by atoms with Crippen molar-refractivity contribution in [3.63, 3.8) is 0 Å². The van der Waals surface area contributed by atoms with Crippen LogP contribution in [-0.2, 0) is 11.3 Å². The van der Waals surface area contributed by atoms with Crippen molar-refractivity contribution in [1.82, 2.24) is 14.8 Å². The molecule has 0 bridgehead atoms. The zero-order valence-corrected chi connectivity index (χ0v) is 14.4. The number of carbonyl (C=O) groups excluding carboxylic acids is 1. The molecule has 0 unspecified atom stereocenters. The number of amides is 1. The Balaban J connectivity index is 1.52. The Morgan fingerprint density at radius 2 is 2.32 bits per heavy atom. The number of likely N-dealkylation sites (tertiary alicyclic amines) is 2. The van der Waals surface area contributed by atoms with Crippen LogP contribution in [0.5, 0.6) is 0 Å². The molecule has 4 rings (SSSR count). The summed E-state index contributed by atoms with van der Waals surface area (Å²) in [5, 5.41) is 0. The second-order valence-electron chi connectivity index (χ2n) is 6.86. The van der Waals surface area contributed by atoms with Crippen molar-refractivity contribution in [2.24, 2.45) is 5.92 Å². The fraction of sp³-hybridized carbons (Fsp3) is 0.474. The lowest BCUT2D eigenvalue weighted by Crippen LogP contribution is -2.53. The summed E-state index contributed by atoms with van der Waals surface area (Å²) in [6, 6.07) is 5.97. The standard InChI is InChI=1S/C19H23N3O3/c1-24-18-4-7-22(19(23)15-5-8-25-13-15)17-12-21(11-16(17)18)10-14-3-2-6-20-9-14/h2-3,5-6,8-9,13,16-18H,4,7,10-12H2,1H3/t16-,17+,18-/m0/s1. The topological polar surface area (TPSA) is 58.8 Å². The molecule has 0 spiro atoms. The van der Waals surface area contributed by atoms with Crippen molar-refractivity contribution >= 4 is 5.91 Å². The SMILES string of the molecule is CO[C@H]1CCN(C(=O)c2ccoc2)[C@@H]2CN(Cc3cccnc3)C[C@H]12. The van der Waals surface area contributed by atoms with E-state index in [0.717, 1.165) is 32.6 Å². The van der Waals surface area contributed by atoms with Crippen LogP contribution in [0.3, 0.4) is 0 Å². The summed E-state index contributed by atoms with van der Waals surface area (Å²) < 4.78 is 10.8. The van der Waals surface area contributed by atoms with E-state index in [0.29, 0.717) is 11.5 Å². The van der Waals surface area contributed by atoms with E-state index in [2.05, 4.69) is 16.0 Å². The minimum Gasteiger partial charge on any atom is -0.472 e. The number of rotatable bonds is 4. The van der Waals surface area contributed by atoms with Gasteiger partial charge in [-0.15, -0.1) is 0 Å². The Kier molecular flexibility index (Phi) is 4.55. The molecule has 2 aliphatic rings. The van der Waals surface area contributed by atoms with E-state index in [1.807, 2.05) is 17.2 Å². The molecule has 0 saturated carbocycles. The summed E-state index contributed by atoms with van der Waals surface area (Å²) in [6.07, 6.45) is 7.86. The zero-order valence-electron chi connectivity index (χ0n) is 14.4. The highest BCUT2D eigenvalue weighted by Gasteiger charge is 2.46. The summed E-state index contributed by atoms with van der Waals surface area (Å²) >= 11 is 0. The van der Waals surface area contributed by atoms with Crippen molar-refractivity contribution in [1.29, 1.82) is 0 Å². The van der Waals surface area contributed by atoms with E-state index in [9.17, 15) is 4.79 Å². The number of piperidine rings is 1. The van der Waals surface area contributed by atoms with Gasteiger partial charge in [0.05, 0.1) is 24.0 Å². The molecule has 1 amide bonds. The normalized spacial score (nSPS) is 26.6. The third-order valence-corrected chi connectivity index (χ3v) is 5.40. The highest BCUT2D eigenvalue weighted by Crippen LogP contribution is 2.34. The van der Waals surface area contributed by atoms with E-state index in [1.165, 1.54) is 11.8 Å². The first kappa shape index (κ1) is 16.3. The minimum absolute atomic E-state index is 0.0570. The molecule has 2 aliphatic heterocycles. The molecular formula is C19H23N3O3. The number of methoxy groups -OCH3 is 1. The van der Waals surface area contributed by atoms with Gasteiger partial charge in [0.15, 0.2) is 0 Å². The number of fused-ring (bicyclic) bond motifs is 1. The van der Waals surface area contributed by atoms with Crippen LogP contribution < -0.4 is 0 Å². The van der Waals surface area contributed by atoms with Gasteiger partial charge in [-0.25, -0.2) is 0 Å². The number of aromatic nitrogens is 1. The first-order valence-corrected chi connectivity index (χ1v) is 8.73. The molecule has 25 heavy (non-hydrogen) atoms.